The first kappa shape index (κ1) is 13.3. The lowest BCUT2D eigenvalue weighted by molar-refractivity contribution is 0.956. The van der Waals surface area contributed by atoms with Gasteiger partial charge in [0.2, 0.25) is 0 Å². The van der Waals surface area contributed by atoms with Gasteiger partial charge in [-0.15, -0.1) is 11.3 Å². The maximum absolute atomic E-state index is 4.43. The van der Waals surface area contributed by atoms with Gasteiger partial charge in [-0.05, 0) is 20.3 Å². The molecule has 0 aliphatic carbocycles. The third-order valence-corrected chi connectivity index (χ3v) is 4.38. The number of nitrogens with one attached hydrogen (secondary N) is 1. The van der Waals surface area contributed by atoms with Crippen molar-refractivity contribution in [3.8, 4) is 0 Å². The molecule has 0 bridgehead atoms. The molecule has 2 rings (SSSR count). The summed E-state index contributed by atoms with van der Waals surface area (Å²) in [7, 11) is 0. The summed E-state index contributed by atoms with van der Waals surface area (Å²) in [5, 5.41) is 5.34. The minimum absolute atomic E-state index is 0.897. The van der Waals surface area contributed by atoms with Gasteiger partial charge < -0.3 is 5.32 Å². The first-order chi connectivity index (χ1) is 8.75. The predicted octanol–water partition coefficient (Wildman–Crippen LogP) is 3.14. The number of thiazole rings is 1. The Bertz CT molecular complexity index is 485. The van der Waals surface area contributed by atoms with Crippen molar-refractivity contribution in [2.24, 2.45) is 0 Å². The van der Waals surface area contributed by atoms with Gasteiger partial charge in [0.1, 0.15) is 10.2 Å². The van der Waals surface area contributed by atoms with Crippen molar-refractivity contribution in [3.63, 3.8) is 0 Å². The maximum Gasteiger partial charge on any atom is 0.149 e. The molecule has 2 aromatic rings. The smallest absolute Gasteiger partial charge is 0.149 e. The molecular weight excluding hydrogens is 264 g/mol. The van der Waals surface area contributed by atoms with Crippen LogP contribution in [0.15, 0.2) is 22.1 Å². The molecule has 0 saturated carbocycles. The topological polar surface area (TPSA) is 50.7 Å². The van der Waals surface area contributed by atoms with Crippen LogP contribution in [0.3, 0.4) is 0 Å². The molecule has 0 radical (unpaired) electrons. The summed E-state index contributed by atoms with van der Waals surface area (Å²) < 4.78 is 1.14. The Balaban J connectivity index is 1.70. The summed E-state index contributed by atoms with van der Waals surface area (Å²) in [6, 6.07) is 0. The van der Waals surface area contributed by atoms with Crippen LogP contribution in [0.5, 0.6) is 0 Å². The fourth-order valence-electron chi connectivity index (χ4n) is 1.43. The first-order valence-corrected chi connectivity index (χ1v) is 7.68. The van der Waals surface area contributed by atoms with Crippen LogP contribution >= 0.6 is 23.1 Å². The maximum atomic E-state index is 4.43. The van der Waals surface area contributed by atoms with E-state index in [1.54, 1.807) is 29.3 Å². The third-order valence-electron chi connectivity index (χ3n) is 2.32. The summed E-state index contributed by atoms with van der Waals surface area (Å²) in [6.45, 7) is 4.84. The Morgan fingerprint density at radius 1 is 1.33 bits per heavy atom. The van der Waals surface area contributed by atoms with Crippen molar-refractivity contribution in [3.05, 3.63) is 29.2 Å². The molecule has 1 N–H and O–H groups in total. The summed E-state index contributed by atoms with van der Waals surface area (Å²) >= 11 is 3.49. The molecule has 0 atom stereocenters. The molecule has 0 unspecified atom stereocenters. The zero-order valence-electron chi connectivity index (χ0n) is 10.5. The van der Waals surface area contributed by atoms with Crippen LogP contribution in [-0.2, 0) is 0 Å². The molecule has 2 aromatic heterocycles. The summed E-state index contributed by atoms with van der Waals surface area (Å²) in [5.74, 6) is 1.97. The number of rotatable bonds is 6. The van der Waals surface area contributed by atoms with E-state index in [4.69, 9.17) is 0 Å². The molecular formula is C12H16N4S2. The van der Waals surface area contributed by atoms with Crippen LogP contribution in [0.1, 0.15) is 17.8 Å². The fraction of sp³-hybridized carbons (Fsp3) is 0.417. The molecule has 0 aromatic carbocycles. The van der Waals surface area contributed by atoms with Gasteiger partial charge in [-0.25, -0.2) is 9.97 Å². The second-order valence-electron chi connectivity index (χ2n) is 3.87. The lowest BCUT2D eigenvalue weighted by atomic mass is 10.4. The van der Waals surface area contributed by atoms with E-state index in [0.717, 1.165) is 40.3 Å². The van der Waals surface area contributed by atoms with E-state index in [-0.39, 0.29) is 0 Å². The third kappa shape index (κ3) is 3.96. The Morgan fingerprint density at radius 3 is 3.00 bits per heavy atom. The van der Waals surface area contributed by atoms with Crippen molar-refractivity contribution in [1.29, 1.82) is 0 Å². The zero-order valence-corrected chi connectivity index (χ0v) is 12.1. The quantitative estimate of drug-likeness (QED) is 0.650. The highest BCUT2D eigenvalue weighted by molar-refractivity contribution is 8.00. The van der Waals surface area contributed by atoms with Gasteiger partial charge in [-0.3, -0.25) is 4.98 Å². The monoisotopic (exact) mass is 280 g/mol. The Kier molecular flexibility index (Phi) is 4.95. The molecule has 0 saturated heterocycles. The molecule has 0 fully saturated rings. The number of aromatic nitrogens is 3. The van der Waals surface area contributed by atoms with E-state index in [9.17, 15) is 0 Å². The summed E-state index contributed by atoms with van der Waals surface area (Å²) in [6.07, 6.45) is 4.72. The highest BCUT2D eigenvalue weighted by Gasteiger charge is 2.01. The molecule has 6 heteroatoms. The molecule has 4 nitrogen and oxygen atoms in total. The summed E-state index contributed by atoms with van der Waals surface area (Å²) in [4.78, 5) is 12.9. The molecule has 0 amide bonds. The SMILES string of the molecule is Cc1cnc(C)c(NCCCSc2nccs2)n1. The molecule has 0 spiro atoms. The van der Waals surface area contributed by atoms with Crippen molar-refractivity contribution in [2.75, 3.05) is 17.6 Å². The highest BCUT2D eigenvalue weighted by atomic mass is 32.2. The van der Waals surface area contributed by atoms with Crippen LogP contribution in [0.2, 0.25) is 0 Å². The van der Waals surface area contributed by atoms with Crippen LogP contribution in [0, 0.1) is 13.8 Å². The average molecular weight is 280 g/mol. The van der Waals surface area contributed by atoms with Gasteiger partial charge in [0.05, 0.1) is 11.4 Å². The Hall–Kier alpha value is -1.14. The Morgan fingerprint density at radius 2 is 2.22 bits per heavy atom. The molecule has 2 heterocycles. The van der Waals surface area contributed by atoms with Gasteiger partial charge in [-0.2, -0.15) is 0 Å². The molecule has 0 aliphatic heterocycles. The van der Waals surface area contributed by atoms with E-state index in [1.807, 2.05) is 25.4 Å². The lowest BCUT2D eigenvalue weighted by Crippen LogP contribution is -2.07. The first-order valence-electron chi connectivity index (χ1n) is 5.82. The van der Waals surface area contributed by atoms with Crippen LogP contribution < -0.4 is 5.32 Å². The zero-order chi connectivity index (χ0) is 12.8. The van der Waals surface area contributed by atoms with Crippen LogP contribution in [0.25, 0.3) is 0 Å². The number of thioether (sulfide) groups is 1. The van der Waals surface area contributed by atoms with Gasteiger partial charge in [-0.1, -0.05) is 11.8 Å². The van der Waals surface area contributed by atoms with Crippen molar-refractivity contribution >= 4 is 28.9 Å². The van der Waals surface area contributed by atoms with E-state index in [1.165, 1.54) is 0 Å². The lowest BCUT2D eigenvalue weighted by Gasteiger charge is -2.07. The van der Waals surface area contributed by atoms with Crippen molar-refractivity contribution < 1.29 is 0 Å². The average Bonchev–Trinajstić information content (AvgIpc) is 2.86. The Labute approximate surface area is 115 Å². The summed E-state index contributed by atoms with van der Waals surface area (Å²) in [5.41, 5.74) is 1.90. The van der Waals surface area contributed by atoms with Crippen molar-refractivity contribution in [1.82, 2.24) is 15.0 Å². The molecule has 18 heavy (non-hydrogen) atoms. The van der Waals surface area contributed by atoms with E-state index in [0.29, 0.717) is 0 Å². The standard InChI is InChI=1S/C12H16N4S2/c1-9-8-15-10(2)11(16-9)13-4-3-6-17-12-14-5-7-18-12/h5,7-8H,3-4,6H2,1-2H3,(H,13,16). The van der Waals surface area contributed by atoms with Gasteiger partial charge >= 0.3 is 0 Å². The molecule has 0 aliphatic rings. The number of anilines is 1. The molecule has 96 valence electrons. The number of aryl methyl sites for hydroxylation is 2. The van der Waals surface area contributed by atoms with Gasteiger partial charge in [0.25, 0.3) is 0 Å². The van der Waals surface area contributed by atoms with Crippen LogP contribution in [-0.4, -0.2) is 27.2 Å². The number of hydrogen-bond donors (Lipinski definition) is 1. The fourth-order valence-corrected chi connectivity index (χ4v) is 3.07. The minimum atomic E-state index is 0.897. The van der Waals surface area contributed by atoms with E-state index < -0.39 is 0 Å². The number of nitrogens with zero attached hydrogens (tertiary/aromatic N) is 3. The second-order valence-corrected chi connectivity index (χ2v) is 6.11. The van der Waals surface area contributed by atoms with Crippen LogP contribution in [0.4, 0.5) is 5.82 Å². The second kappa shape index (κ2) is 6.70. The van der Waals surface area contributed by atoms with Gasteiger partial charge in [0, 0.05) is 30.1 Å². The number of hydrogen-bond acceptors (Lipinski definition) is 6. The van der Waals surface area contributed by atoms with E-state index in [2.05, 4.69) is 20.3 Å². The van der Waals surface area contributed by atoms with Gasteiger partial charge in [0.15, 0.2) is 0 Å². The largest absolute Gasteiger partial charge is 0.369 e. The highest BCUT2D eigenvalue weighted by Crippen LogP contribution is 2.20. The normalized spacial score (nSPS) is 10.6. The minimum Gasteiger partial charge on any atom is -0.369 e. The van der Waals surface area contributed by atoms with E-state index >= 15 is 0 Å². The van der Waals surface area contributed by atoms with Crippen molar-refractivity contribution in [2.45, 2.75) is 24.6 Å². The predicted molar refractivity (Wildman–Crippen MR) is 77.5 cm³/mol.